The van der Waals surface area contributed by atoms with Crippen molar-refractivity contribution >= 4 is 0 Å². The van der Waals surface area contributed by atoms with Crippen LogP contribution in [0.3, 0.4) is 0 Å². The lowest BCUT2D eigenvalue weighted by molar-refractivity contribution is 0.118. The first-order valence-electron chi connectivity index (χ1n) is 7.82. The number of aromatic nitrogens is 2. The van der Waals surface area contributed by atoms with Crippen LogP contribution in [0.4, 0.5) is 0 Å². The SMILES string of the molecule is Cc1nnc(-c2cccc(CCCOCc3ccccc3)c2)o1. The van der Waals surface area contributed by atoms with Gasteiger partial charge in [0, 0.05) is 19.1 Å². The number of hydrogen-bond acceptors (Lipinski definition) is 4. The molecule has 0 atom stereocenters. The number of ether oxygens (including phenoxy) is 1. The van der Waals surface area contributed by atoms with E-state index in [0.29, 0.717) is 18.4 Å². The maximum absolute atomic E-state index is 5.72. The van der Waals surface area contributed by atoms with Gasteiger partial charge in [-0.15, -0.1) is 10.2 Å². The van der Waals surface area contributed by atoms with Crippen molar-refractivity contribution in [2.24, 2.45) is 0 Å². The standard InChI is InChI=1S/C19H20N2O2/c1-15-20-21-19(23-15)18-11-5-9-16(13-18)10-6-12-22-14-17-7-3-2-4-8-17/h2-5,7-9,11,13H,6,10,12,14H2,1H3. The predicted molar refractivity (Wildman–Crippen MR) is 88.9 cm³/mol. The van der Waals surface area contributed by atoms with Crippen LogP contribution in [0.25, 0.3) is 11.5 Å². The highest BCUT2D eigenvalue weighted by atomic mass is 16.5. The first-order chi connectivity index (χ1) is 11.3. The van der Waals surface area contributed by atoms with Gasteiger partial charge in [-0.05, 0) is 36.1 Å². The van der Waals surface area contributed by atoms with Gasteiger partial charge in [-0.3, -0.25) is 0 Å². The lowest BCUT2D eigenvalue weighted by atomic mass is 10.1. The normalized spacial score (nSPS) is 10.8. The van der Waals surface area contributed by atoms with Crippen molar-refractivity contribution in [3.8, 4) is 11.5 Å². The van der Waals surface area contributed by atoms with Gasteiger partial charge >= 0.3 is 0 Å². The minimum absolute atomic E-state index is 0.574. The molecule has 0 aliphatic rings. The molecule has 0 amide bonds. The Balaban J connectivity index is 1.47. The maximum atomic E-state index is 5.72. The van der Waals surface area contributed by atoms with E-state index in [0.717, 1.165) is 25.0 Å². The average molecular weight is 308 g/mol. The minimum atomic E-state index is 0.574. The second-order valence-corrected chi connectivity index (χ2v) is 5.47. The summed E-state index contributed by atoms with van der Waals surface area (Å²) in [4.78, 5) is 0. The molecule has 0 spiro atoms. The highest BCUT2D eigenvalue weighted by Crippen LogP contribution is 2.19. The topological polar surface area (TPSA) is 48.2 Å². The Morgan fingerprint density at radius 2 is 1.78 bits per heavy atom. The van der Waals surface area contributed by atoms with E-state index in [1.165, 1.54) is 11.1 Å². The number of benzene rings is 2. The maximum Gasteiger partial charge on any atom is 0.247 e. The van der Waals surface area contributed by atoms with Gasteiger partial charge in [-0.1, -0.05) is 42.5 Å². The second-order valence-electron chi connectivity index (χ2n) is 5.47. The van der Waals surface area contributed by atoms with Crippen LogP contribution in [-0.2, 0) is 17.8 Å². The fraction of sp³-hybridized carbons (Fsp3) is 0.263. The van der Waals surface area contributed by atoms with Gasteiger partial charge in [0.15, 0.2) is 0 Å². The zero-order valence-electron chi connectivity index (χ0n) is 13.2. The van der Waals surface area contributed by atoms with E-state index in [4.69, 9.17) is 9.15 Å². The molecule has 1 heterocycles. The van der Waals surface area contributed by atoms with Gasteiger partial charge in [-0.25, -0.2) is 0 Å². The van der Waals surface area contributed by atoms with Crippen molar-refractivity contribution in [1.29, 1.82) is 0 Å². The molecular formula is C19H20N2O2. The zero-order chi connectivity index (χ0) is 15.9. The first kappa shape index (κ1) is 15.4. The van der Waals surface area contributed by atoms with Crippen molar-refractivity contribution in [2.45, 2.75) is 26.4 Å². The molecule has 23 heavy (non-hydrogen) atoms. The smallest absolute Gasteiger partial charge is 0.247 e. The van der Waals surface area contributed by atoms with Crippen molar-refractivity contribution in [2.75, 3.05) is 6.61 Å². The minimum Gasteiger partial charge on any atom is -0.421 e. The molecule has 0 radical (unpaired) electrons. The summed E-state index contributed by atoms with van der Waals surface area (Å²) in [6.45, 7) is 3.21. The summed E-state index contributed by atoms with van der Waals surface area (Å²) in [5.41, 5.74) is 3.43. The van der Waals surface area contributed by atoms with E-state index < -0.39 is 0 Å². The summed E-state index contributed by atoms with van der Waals surface area (Å²) in [7, 11) is 0. The van der Waals surface area contributed by atoms with Crippen molar-refractivity contribution < 1.29 is 9.15 Å². The van der Waals surface area contributed by atoms with Crippen molar-refractivity contribution in [3.63, 3.8) is 0 Å². The van der Waals surface area contributed by atoms with Crippen LogP contribution in [0.5, 0.6) is 0 Å². The Kier molecular flexibility index (Phi) is 5.17. The molecule has 0 unspecified atom stereocenters. The van der Waals surface area contributed by atoms with E-state index in [9.17, 15) is 0 Å². The zero-order valence-corrected chi connectivity index (χ0v) is 13.2. The third-order valence-corrected chi connectivity index (χ3v) is 3.57. The van der Waals surface area contributed by atoms with Crippen LogP contribution in [0.15, 0.2) is 59.0 Å². The Morgan fingerprint density at radius 3 is 2.57 bits per heavy atom. The molecule has 0 saturated heterocycles. The van der Waals surface area contributed by atoms with Gasteiger partial charge in [0.1, 0.15) is 0 Å². The summed E-state index contributed by atoms with van der Waals surface area (Å²) in [5.74, 6) is 1.16. The van der Waals surface area contributed by atoms with Gasteiger partial charge in [0.2, 0.25) is 11.8 Å². The quantitative estimate of drug-likeness (QED) is 0.614. The highest BCUT2D eigenvalue weighted by molar-refractivity contribution is 5.53. The van der Waals surface area contributed by atoms with Gasteiger partial charge in [0.25, 0.3) is 0 Å². The van der Waals surface area contributed by atoms with Crippen LogP contribution in [0, 0.1) is 6.92 Å². The van der Waals surface area contributed by atoms with E-state index in [1.54, 1.807) is 6.92 Å². The van der Waals surface area contributed by atoms with Gasteiger partial charge in [0.05, 0.1) is 6.61 Å². The fourth-order valence-corrected chi connectivity index (χ4v) is 2.42. The molecule has 4 nitrogen and oxygen atoms in total. The van der Waals surface area contributed by atoms with E-state index in [-0.39, 0.29) is 0 Å². The van der Waals surface area contributed by atoms with E-state index >= 15 is 0 Å². The highest BCUT2D eigenvalue weighted by Gasteiger charge is 2.06. The summed E-state index contributed by atoms with van der Waals surface area (Å²) in [5, 5.41) is 7.93. The van der Waals surface area contributed by atoms with Crippen LogP contribution in [0.2, 0.25) is 0 Å². The molecule has 4 heteroatoms. The van der Waals surface area contributed by atoms with Crippen LogP contribution in [-0.4, -0.2) is 16.8 Å². The summed E-state index contributed by atoms with van der Waals surface area (Å²) >= 11 is 0. The largest absolute Gasteiger partial charge is 0.421 e. The molecule has 0 saturated carbocycles. The molecule has 0 aliphatic carbocycles. The van der Waals surface area contributed by atoms with Crippen molar-refractivity contribution in [3.05, 3.63) is 71.6 Å². The molecule has 0 N–H and O–H groups in total. The molecular weight excluding hydrogens is 288 g/mol. The Morgan fingerprint density at radius 1 is 0.957 bits per heavy atom. The molecule has 1 aromatic heterocycles. The molecule has 0 fully saturated rings. The van der Waals surface area contributed by atoms with Crippen molar-refractivity contribution in [1.82, 2.24) is 10.2 Å². The summed E-state index contributed by atoms with van der Waals surface area (Å²) < 4.78 is 11.2. The third kappa shape index (κ3) is 4.50. The van der Waals surface area contributed by atoms with Gasteiger partial charge in [-0.2, -0.15) is 0 Å². The van der Waals surface area contributed by atoms with Gasteiger partial charge < -0.3 is 9.15 Å². The second kappa shape index (κ2) is 7.70. The monoisotopic (exact) mass is 308 g/mol. The molecule has 0 aliphatic heterocycles. The van der Waals surface area contributed by atoms with Crippen LogP contribution >= 0.6 is 0 Å². The van der Waals surface area contributed by atoms with E-state index in [1.807, 2.05) is 30.3 Å². The summed E-state index contributed by atoms with van der Waals surface area (Å²) in [6, 6.07) is 18.5. The Labute approximate surface area is 136 Å². The van der Waals surface area contributed by atoms with Crippen LogP contribution in [0.1, 0.15) is 23.4 Å². The number of aryl methyl sites for hydroxylation is 2. The average Bonchev–Trinajstić information content (AvgIpc) is 3.02. The lowest BCUT2D eigenvalue weighted by Crippen LogP contribution is -1.97. The predicted octanol–water partition coefficient (Wildman–Crippen LogP) is 4.19. The first-order valence-corrected chi connectivity index (χ1v) is 7.82. The lowest BCUT2D eigenvalue weighted by Gasteiger charge is -2.05. The van der Waals surface area contributed by atoms with Crippen LogP contribution < -0.4 is 0 Å². The fourth-order valence-electron chi connectivity index (χ4n) is 2.42. The number of hydrogen-bond donors (Lipinski definition) is 0. The summed E-state index contributed by atoms with van der Waals surface area (Å²) in [6.07, 6.45) is 1.95. The Bertz CT molecular complexity index is 738. The molecule has 3 rings (SSSR count). The Hall–Kier alpha value is -2.46. The molecule has 2 aromatic carbocycles. The molecule has 118 valence electrons. The molecule has 0 bridgehead atoms. The van der Waals surface area contributed by atoms with E-state index in [2.05, 4.69) is 34.5 Å². The third-order valence-electron chi connectivity index (χ3n) is 3.57. The number of nitrogens with zero attached hydrogens (tertiary/aromatic N) is 2. The number of rotatable bonds is 7. The molecule has 3 aromatic rings.